The van der Waals surface area contributed by atoms with E-state index in [1.54, 1.807) is 0 Å². The van der Waals surface area contributed by atoms with Crippen molar-refractivity contribution < 1.29 is 14.3 Å². The zero-order valence-electron chi connectivity index (χ0n) is 19.1. The number of ether oxygens (including phenoxy) is 1. The topological polar surface area (TPSA) is 51.5 Å². The summed E-state index contributed by atoms with van der Waals surface area (Å²) < 4.78 is 7.16. The Morgan fingerprint density at radius 3 is 2.50 bits per heavy atom. The first-order valence-corrected chi connectivity index (χ1v) is 11.5. The van der Waals surface area contributed by atoms with Gasteiger partial charge in [-0.2, -0.15) is 0 Å². The van der Waals surface area contributed by atoms with Gasteiger partial charge in [0.15, 0.2) is 0 Å². The molecule has 0 spiro atoms. The number of rotatable bonds is 4. The molecule has 32 heavy (non-hydrogen) atoms. The van der Waals surface area contributed by atoms with Gasteiger partial charge < -0.3 is 14.2 Å². The average Bonchev–Trinajstić information content (AvgIpc) is 3.19. The molecule has 2 aliphatic rings. The van der Waals surface area contributed by atoms with Crippen LogP contribution in [0.5, 0.6) is 0 Å². The second-order valence-electron chi connectivity index (χ2n) is 8.62. The highest BCUT2D eigenvalue weighted by molar-refractivity contribution is 6.30. The highest BCUT2D eigenvalue weighted by Crippen LogP contribution is 2.37. The monoisotopic (exact) mass is 452 g/mol. The number of carbonyl (C=O) groups excluding carboxylic acids is 2. The van der Waals surface area contributed by atoms with E-state index < -0.39 is 5.97 Å². The lowest BCUT2D eigenvalue weighted by atomic mass is 9.94. The number of aryl methyl sites for hydroxylation is 1. The van der Waals surface area contributed by atoms with Crippen LogP contribution in [0.15, 0.2) is 47.2 Å². The van der Waals surface area contributed by atoms with E-state index in [0.717, 1.165) is 48.3 Å². The molecule has 1 aromatic carbocycles. The zero-order chi connectivity index (χ0) is 23.0. The van der Waals surface area contributed by atoms with Crippen molar-refractivity contribution in [2.75, 3.05) is 7.11 Å². The summed E-state index contributed by atoms with van der Waals surface area (Å²) in [7, 11) is 1.36. The summed E-state index contributed by atoms with van der Waals surface area (Å²) in [4.78, 5) is 28.1. The minimum absolute atomic E-state index is 0.109. The van der Waals surface area contributed by atoms with Crippen LogP contribution in [-0.2, 0) is 14.3 Å². The SMILES string of the molecule is COC(=O)C1=C(C)N(C2CCCCC2)C(=O)/C1=C/c1cc(C)n(-c2cccc(Cl)c2)c1C. The van der Waals surface area contributed by atoms with Gasteiger partial charge in [-0.15, -0.1) is 0 Å². The molecule has 1 aliphatic carbocycles. The fraction of sp³-hybridized carbons (Fsp3) is 0.385. The van der Waals surface area contributed by atoms with E-state index in [0.29, 0.717) is 21.9 Å². The zero-order valence-corrected chi connectivity index (χ0v) is 19.8. The molecule has 2 heterocycles. The van der Waals surface area contributed by atoms with Crippen molar-refractivity contribution in [3.63, 3.8) is 0 Å². The second kappa shape index (κ2) is 8.99. The summed E-state index contributed by atoms with van der Waals surface area (Å²) in [5.74, 6) is -0.577. The molecule has 1 amide bonds. The van der Waals surface area contributed by atoms with E-state index in [2.05, 4.69) is 4.57 Å². The van der Waals surface area contributed by atoms with Crippen molar-refractivity contribution in [3.05, 3.63) is 69.1 Å². The molecule has 1 aromatic heterocycles. The van der Waals surface area contributed by atoms with Crippen molar-refractivity contribution in [1.82, 2.24) is 9.47 Å². The fourth-order valence-electron chi connectivity index (χ4n) is 5.08. The maximum absolute atomic E-state index is 13.6. The van der Waals surface area contributed by atoms with Crippen LogP contribution in [0, 0.1) is 13.8 Å². The Bertz CT molecular complexity index is 1140. The van der Waals surface area contributed by atoms with Crippen molar-refractivity contribution in [3.8, 4) is 5.69 Å². The number of nitrogens with zero attached hydrogens (tertiary/aromatic N) is 2. The summed E-state index contributed by atoms with van der Waals surface area (Å²) in [6.07, 6.45) is 7.18. The van der Waals surface area contributed by atoms with Crippen LogP contribution in [0.4, 0.5) is 0 Å². The quantitative estimate of drug-likeness (QED) is 0.438. The molecular weight excluding hydrogens is 424 g/mol. The van der Waals surface area contributed by atoms with Crippen molar-refractivity contribution in [2.45, 2.75) is 58.9 Å². The van der Waals surface area contributed by atoms with E-state index >= 15 is 0 Å². The van der Waals surface area contributed by atoms with Crippen molar-refractivity contribution >= 4 is 29.6 Å². The Kier molecular flexibility index (Phi) is 6.29. The number of esters is 1. The lowest BCUT2D eigenvalue weighted by Gasteiger charge is -2.32. The minimum Gasteiger partial charge on any atom is -0.465 e. The third-order valence-corrected chi connectivity index (χ3v) is 6.84. The highest BCUT2D eigenvalue weighted by atomic mass is 35.5. The molecule has 1 aliphatic heterocycles. The van der Waals surface area contributed by atoms with Crippen LogP contribution in [0.2, 0.25) is 5.02 Å². The molecule has 0 saturated heterocycles. The first kappa shape index (κ1) is 22.4. The van der Waals surface area contributed by atoms with E-state index in [4.69, 9.17) is 16.3 Å². The maximum Gasteiger partial charge on any atom is 0.340 e. The van der Waals surface area contributed by atoms with Crippen LogP contribution in [0.3, 0.4) is 0 Å². The van der Waals surface area contributed by atoms with Gasteiger partial charge >= 0.3 is 5.97 Å². The minimum atomic E-state index is -0.468. The summed E-state index contributed by atoms with van der Waals surface area (Å²) in [6, 6.07) is 9.84. The summed E-state index contributed by atoms with van der Waals surface area (Å²) in [6.45, 7) is 5.88. The number of hydrogen-bond acceptors (Lipinski definition) is 3. The van der Waals surface area contributed by atoms with Gasteiger partial charge in [0.1, 0.15) is 0 Å². The molecular formula is C26H29ClN2O3. The number of allylic oxidation sites excluding steroid dienone is 1. The Morgan fingerprint density at radius 1 is 1.12 bits per heavy atom. The van der Waals surface area contributed by atoms with Gasteiger partial charge in [0.2, 0.25) is 0 Å². The largest absolute Gasteiger partial charge is 0.465 e. The molecule has 1 fully saturated rings. The van der Waals surface area contributed by atoms with Crippen LogP contribution in [0.25, 0.3) is 11.8 Å². The third-order valence-electron chi connectivity index (χ3n) is 6.61. The number of aromatic nitrogens is 1. The Balaban J connectivity index is 1.79. The molecule has 0 N–H and O–H groups in total. The lowest BCUT2D eigenvalue weighted by molar-refractivity contribution is -0.136. The Morgan fingerprint density at radius 2 is 1.84 bits per heavy atom. The van der Waals surface area contributed by atoms with Crippen LogP contribution < -0.4 is 0 Å². The number of hydrogen-bond donors (Lipinski definition) is 0. The molecule has 2 aromatic rings. The molecule has 6 heteroatoms. The van der Waals surface area contributed by atoms with E-state index in [9.17, 15) is 9.59 Å². The molecule has 0 atom stereocenters. The van der Waals surface area contributed by atoms with Crippen molar-refractivity contribution in [1.29, 1.82) is 0 Å². The predicted octanol–water partition coefficient (Wildman–Crippen LogP) is 5.75. The highest BCUT2D eigenvalue weighted by Gasteiger charge is 2.40. The number of amides is 1. The van der Waals surface area contributed by atoms with E-state index in [-0.39, 0.29) is 11.9 Å². The number of methoxy groups -OCH3 is 1. The molecule has 5 nitrogen and oxygen atoms in total. The van der Waals surface area contributed by atoms with E-state index in [1.807, 2.05) is 62.1 Å². The predicted molar refractivity (Wildman–Crippen MR) is 127 cm³/mol. The van der Waals surface area contributed by atoms with Gasteiger partial charge in [0.05, 0.1) is 18.3 Å². The lowest BCUT2D eigenvalue weighted by Crippen LogP contribution is -2.37. The molecule has 4 rings (SSSR count). The van der Waals surface area contributed by atoms with Crippen LogP contribution >= 0.6 is 11.6 Å². The number of halogens is 1. The van der Waals surface area contributed by atoms with Gasteiger partial charge in [-0.1, -0.05) is 36.9 Å². The first-order chi connectivity index (χ1) is 15.3. The van der Waals surface area contributed by atoms with E-state index in [1.165, 1.54) is 13.5 Å². The van der Waals surface area contributed by atoms with Crippen LogP contribution in [0.1, 0.15) is 56.0 Å². The molecule has 0 bridgehead atoms. The number of benzene rings is 1. The molecule has 1 saturated carbocycles. The first-order valence-electron chi connectivity index (χ1n) is 11.1. The van der Waals surface area contributed by atoms with Gasteiger partial charge in [-0.05, 0) is 69.5 Å². The smallest absolute Gasteiger partial charge is 0.340 e. The molecule has 0 unspecified atom stereocenters. The van der Waals surface area contributed by atoms with Gasteiger partial charge in [0, 0.05) is 33.8 Å². The fourth-order valence-corrected chi connectivity index (χ4v) is 5.26. The molecule has 0 radical (unpaired) electrons. The third kappa shape index (κ3) is 3.90. The second-order valence-corrected chi connectivity index (χ2v) is 9.06. The molecule has 168 valence electrons. The summed E-state index contributed by atoms with van der Waals surface area (Å²) >= 11 is 6.21. The van der Waals surface area contributed by atoms with Crippen molar-refractivity contribution in [2.24, 2.45) is 0 Å². The van der Waals surface area contributed by atoms with Gasteiger partial charge in [0.25, 0.3) is 5.91 Å². The Labute approximate surface area is 194 Å². The number of carbonyl (C=O) groups is 2. The van der Waals surface area contributed by atoms with Gasteiger partial charge in [-0.3, -0.25) is 4.79 Å². The summed E-state index contributed by atoms with van der Waals surface area (Å²) in [5.41, 5.74) is 5.32. The normalized spacial score (nSPS) is 18.7. The average molecular weight is 453 g/mol. The maximum atomic E-state index is 13.6. The van der Waals surface area contributed by atoms with Gasteiger partial charge in [-0.25, -0.2) is 4.79 Å². The Hall–Kier alpha value is -2.79. The summed E-state index contributed by atoms with van der Waals surface area (Å²) in [5, 5.41) is 0.663. The standard InChI is InChI=1S/C26H29ClN2O3/c1-16-13-19(17(2)28(16)22-12-8-9-20(27)15-22)14-23-24(26(31)32-4)18(3)29(25(23)30)21-10-6-5-7-11-21/h8-9,12-15,21H,5-7,10-11H2,1-4H3/b23-14+. The van der Waals surface area contributed by atoms with Crippen LogP contribution in [-0.4, -0.2) is 34.5 Å².